The molecule has 0 bridgehead atoms. The monoisotopic (exact) mass is 293 g/mol. The van der Waals surface area contributed by atoms with Crippen molar-refractivity contribution in [2.45, 2.75) is 19.9 Å². The molecule has 20 heavy (non-hydrogen) atoms. The number of imidazole rings is 1. The zero-order valence-electron chi connectivity index (χ0n) is 11.3. The summed E-state index contributed by atoms with van der Waals surface area (Å²) in [5.41, 5.74) is 7.14. The van der Waals surface area contributed by atoms with Crippen LogP contribution in [0.25, 0.3) is 0 Å². The zero-order chi connectivity index (χ0) is 14.7. The quantitative estimate of drug-likeness (QED) is 0.880. The summed E-state index contributed by atoms with van der Waals surface area (Å²) < 4.78 is 6.64. The Bertz CT molecular complexity index is 607. The summed E-state index contributed by atoms with van der Waals surface area (Å²) in [6.45, 7) is 4.00. The second-order valence-corrected chi connectivity index (χ2v) is 4.77. The highest BCUT2D eigenvalue weighted by molar-refractivity contribution is 6.30. The zero-order valence-corrected chi connectivity index (χ0v) is 12.1. The summed E-state index contributed by atoms with van der Waals surface area (Å²) >= 11 is 5.87. The van der Waals surface area contributed by atoms with Crippen molar-refractivity contribution in [1.82, 2.24) is 9.55 Å². The molecule has 0 aliphatic rings. The van der Waals surface area contributed by atoms with E-state index in [-0.39, 0.29) is 18.3 Å². The topological polar surface area (TPSA) is 70.1 Å². The molecule has 6 heteroatoms. The molecular weight excluding hydrogens is 278 g/mol. The average Bonchev–Trinajstić information content (AvgIpc) is 2.81. The van der Waals surface area contributed by atoms with Crippen LogP contribution in [-0.4, -0.2) is 22.1 Å². The first kappa shape index (κ1) is 14.4. The number of carbonyl (C=O) groups excluding carboxylic acids is 1. The van der Waals surface area contributed by atoms with Crippen molar-refractivity contribution < 1.29 is 9.53 Å². The van der Waals surface area contributed by atoms with Crippen LogP contribution in [0.2, 0.25) is 5.02 Å². The molecule has 0 aliphatic heterocycles. The lowest BCUT2D eigenvalue weighted by molar-refractivity contribution is 0.0521. The molecule has 0 saturated heterocycles. The van der Waals surface area contributed by atoms with Crippen molar-refractivity contribution in [2.24, 2.45) is 0 Å². The Balaban J connectivity index is 2.29. The molecular formula is C14H16ClN3O2. The van der Waals surface area contributed by atoms with Gasteiger partial charge in [-0.25, -0.2) is 9.78 Å². The molecule has 0 amide bonds. The molecule has 1 aromatic heterocycles. The van der Waals surface area contributed by atoms with Gasteiger partial charge in [-0.05, 0) is 31.5 Å². The minimum absolute atomic E-state index is 0.0528. The van der Waals surface area contributed by atoms with E-state index in [9.17, 15) is 4.79 Å². The summed E-state index contributed by atoms with van der Waals surface area (Å²) in [7, 11) is 0. The molecule has 0 saturated carbocycles. The van der Waals surface area contributed by atoms with Crippen LogP contribution < -0.4 is 5.73 Å². The third-order valence-electron chi connectivity index (χ3n) is 3.07. The van der Waals surface area contributed by atoms with Crippen molar-refractivity contribution in [1.29, 1.82) is 0 Å². The van der Waals surface area contributed by atoms with Crippen molar-refractivity contribution >= 4 is 23.4 Å². The largest absolute Gasteiger partial charge is 0.461 e. The lowest BCUT2D eigenvalue weighted by Gasteiger charge is -2.15. The maximum Gasteiger partial charge on any atom is 0.360 e. The number of aromatic nitrogens is 2. The third-order valence-corrected chi connectivity index (χ3v) is 3.32. The van der Waals surface area contributed by atoms with Crippen LogP contribution in [-0.2, 0) is 4.74 Å². The molecule has 0 fully saturated rings. The fraction of sp³-hybridized carbons (Fsp3) is 0.286. The molecule has 5 nitrogen and oxygen atoms in total. The summed E-state index contributed by atoms with van der Waals surface area (Å²) in [5, 5.41) is 0.673. The maximum atomic E-state index is 11.7. The summed E-state index contributed by atoms with van der Waals surface area (Å²) in [6, 6.07) is 7.40. The number of benzene rings is 1. The van der Waals surface area contributed by atoms with Gasteiger partial charge in [-0.15, -0.1) is 0 Å². The highest BCUT2D eigenvalue weighted by atomic mass is 35.5. The number of esters is 1. The molecule has 0 spiro atoms. The van der Waals surface area contributed by atoms with Gasteiger partial charge in [0.15, 0.2) is 5.69 Å². The van der Waals surface area contributed by atoms with Gasteiger partial charge in [-0.2, -0.15) is 0 Å². The van der Waals surface area contributed by atoms with Crippen LogP contribution in [0.3, 0.4) is 0 Å². The predicted molar refractivity (Wildman–Crippen MR) is 77.9 cm³/mol. The summed E-state index contributed by atoms with van der Waals surface area (Å²) in [4.78, 5) is 15.7. The van der Waals surface area contributed by atoms with E-state index < -0.39 is 5.97 Å². The van der Waals surface area contributed by atoms with Gasteiger partial charge in [0, 0.05) is 5.02 Å². The predicted octanol–water partition coefficient (Wildman–Crippen LogP) is 2.90. The van der Waals surface area contributed by atoms with E-state index in [4.69, 9.17) is 22.1 Å². The SMILES string of the molecule is CCOC(=O)c1ncn(C(C)c2ccc(Cl)cc2)c1N. The van der Waals surface area contributed by atoms with E-state index in [2.05, 4.69) is 4.98 Å². The van der Waals surface area contributed by atoms with Crippen LogP contribution in [0.15, 0.2) is 30.6 Å². The maximum absolute atomic E-state index is 11.7. The van der Waals surface area contributed by atoms with Gasteiger partial charge in [0.2, 0.25) is 0 Å². The highest BCUT2D eigenvalue weighted by Gasteiger charge is 2.20. The smallest absolute Gasteiger partial charge is 0.360 e. The molecule has 2 rings (SSSR count). The summed E-state index contributed by atoms with van der Waals surface area (Å²) in [6.07, 6.45) is 1.54. The number of ether oxygens (including phenoxy) is 1. The number of hydrogen-bond acceptors (Lipinski definition) is 4. The van der Waals surface area contributed by atoms with Crippen molar-refractivity contribution in [3.8, 4) is 0 Å². The Morgan fingerprint density at radius 2 is 2.10 bits per heavy atom. The standard InChI is InChI=1S/C14H16ClN3O2/c1-3-20-14(19)12-13(16)18(8-17-12)9(2)10-4-6-11(15)7-5-10/h4-9H,3,16H2,1-2H3. The molecule has 2 N–H and O–H groups in total. The Labute approximate surface area is 122 Å². The normalized spacial score (nSPS) is 12.2. The van der Waals surface area contributed by atoms with Crippen LogP contribution in [0.1, 0.15) is 35.9 Å². The van der Waals surface area contributed by atoms with Gasteiger partial charge in [0.05, 0.1) is 19.0 Å². The minimum Gasteiger partial charge on any atom is -0.461 e. The second kappa shape index (κ2) is 5.96. The first-order chi connectivity index (χ1) is 9.54. The summed E-state index contributed by atoms with van der Waals surface area (Å²) in [5.74, 6) is -0.210. The van der Waals surface area contributed by atoms with E-state index in [1.54, 1.807) is 17.8 Å². The van der Waals surface area contributed by atoms with Crippen molar-refractivity contribution in [2.75, 3.05) is 12.3 Å². The van der Waals surface area contributed by atoms with Crippen molar-refractivity contribution in [3.63, 3.8) is 0 Å². The van der Waals surface area contributed by atoms with Gasteiger partial charge in [0.1, 0.15) is 5.82 Å². The number of halogens is 1. The number of nitrogens with zero attached hydrogens (tertiary/aromatic N) is 2. The van der Waals surface area contributed by atoms with Gasteiger partial charge in [0.25, 0.3) is 0 Å². The van der Waals surface area contributed by atoms with E-state index >= 15 is 0 Å². The van der Waals surface area contributed by atoms with Crippen molar-refractivity contribution in [3.05, 3.63) is 46.9 Å². The van der Waals surface area contributed by atoms with Crippen LogP contribution in [0, 0.1) is 0 Å². The van der Waals surface area contributed by atoms with Crippen LogP contribution in [0.4, 0.5) is 5.82 Å². The number of rotatable bonds is 4. The molecule has 1 heterocycles. The number of nitrogen functional groups attached to an aromatic ring is 1. The van der Waals surface area contributed by atoms with E-state index in [1.807, 2.05) is 31.2 Å². The lowest BCUT2D eigenvalue weighted by atomic mass is 10.1. The second-order valence-electron chi connectivity index (χ2n) is 4.33. The van der Waals surface area contributed by atoms with Gasteiger partial charge >= 0.3 is 5.97 Å². The fourth-order valence-corrected chi connectivity index (χ4v) is 2.06. The Morgan fingerprint density at radius 3 is 2.70 bits per heavy atom. The molecule has 1 unspecified atom stereocenters. The van der Waals surface area contributed by atoms with Gasteiger partial charge in [-0.1, -0.05) is 23.7 Å². The molecule has 0 radical (unpaired) electrons. The molecule has 1 atom stereocenters. The number of anilines is 1. The van der Waals surface area contributed by atoms with E-state index in [0.717, 1.165) is 5.56 Å². The minimum atomic E-state index is -0.507. The number of nitrogens with two attached hydrogens (primary N) is 1. The average molecular weight is 294 g/mol. The fourth-order valence-electron chi connectivity index (χ4n) is 1.94. The first-order valence-electron chi connectivity index (χ1n) is 6.29. The molecule has 1 aromatic carbocycles. The Kier molecular flexibility index (Phi) is 4.29. The lowest BCUT2D eigenvalue weighted by Crippen LogP contribution is -2.12. The highest BCUT2D eigenvalue weighted by Crippen LogP contribution is 2.24. The third kappa shape index (κ3) is 2.77. The van der Waals surface area contributed by atoms with Crippen LogP contribution >= 0.6 is 11.6 Å². The van der Waals surface area contributed by atoms with Crippen LogP contribution in [0.5, 0.6) is 0 Å². The van der Waals surface area contributed by atoms with Gasteiger partial charge < -0.3 is 15.0 Å². The van der Waals surface area contributed by atoms with E-state index in [0.29, 0.717) is 10.8 Å². The molecule has 0 aliphatic carbocycles. The first-order valence-corrected chi connectivity index (χ1v) is 6.67. The Morgan fingerprint density at radius 1 is 1.45 bits per heavy atom. The van der Waals surface area contributed by atoms with Gasteiger partial charge in [-0.3, -0.25) is 0 Å². The number of carbonyl (C=O) groups is 1. The molecule has 106 valence electrons. The molecule has 2 aromatic rings. The number of hydrogen-bond donors (Lipinski definition) is 1. The van der Waals surface area contributed by atoms with E-state index in [1.165, 1.54) is 0 Å². The Hall–Kier alpha value is -2.01.